The van der Waals surface area contributed by atoms with Crippen molar-refractivity contribution in [2.45, 2.75) is 6.42 Å². The van der Waals surface area contributed by atoms with Gasteiger partial charge in [-0.3, -0.25) is 0 Å². The van der Waals surface area contributed by atoms with E-state index in [0.29, 0.717) is 0 Å². The third-order valence-electron chi connectivity index (χ3n) is 9.52. The fourth-order valence-electron chi connectivity index (χ4n) is 7.74. The Hall–Kier alpha value is -5.40. The van der Waals surface area contributed by atoms with E-state index in [1.54, 1.807) is 0 Å². The molecule has 1 heterocycles. The van der Waals surface area contributed by atoms with Crippen LogP contribution in [0, 0.1) is 0 Å². The molecule has 0 aliphatic heterocycles. The minimum absolute atomic E-state index is 0.995. The summed E-state index contributed by atoms with van der Waals surface area (Å²) in [5, 5.41) is 5.36. The first-order valence-electron chi connectivity index (χ1n) is 14.7. The summed E-state index contributed by atoms with van der Waals surface area (Å²) in [5.41, 5.74) is 17.1. The third-order valence-corrected chi connectivity index (χ3v) is 9.52. The Labute approximate surface area is 243 Å². The van der Waals surface area contributed by atoms with Gasteiger partial charge in [0, 0.05) is 16.5 Å². The van der Waals surface area contributed by atoms with E-state index < -0.39 is 0 Å². The first-order valence-corrected chi connectivity index (χ1v) is 14.7. The Morgan fingerprint density at radius 2 is 1.10 bits per heavy atom. The molecular formula is C41H25N. The van der Waals surface area contributed by atoms with Crippen LogP contribution in [0.4, 0.5) is 0 Å². The molecule has 0 atom stereocenters. The summed E-state index contributed by atoms with van der Waals surface area (Å²) in [6.07, 6.45) is 0.995. The van der Waals surface area contributed by atoms with Gasteiger partial charge in [0.1, 0.15) is 0 Å². The quantitative estimate of drug-likeness (QED) is 0.209. The smallest absolute Gasteiger partial charge is 0.0548 e. The van der Waals surface area contributed by atoms with E-state index in [0.717, 1.165) is 6.42 Å². The molecule has 194 valence electrons. The van der Waals surface area contributed by atoms with Crippen LogP contribution in [0.15, 0.2) is 140 Å². The highest BCUT2D eigenvalue weighted by atomic mass is 15.0. The molecule has 0 unspecified atom stereocenters. The number of rotatable bonds is 2. The Morgan fingerprint density at radius 3 is 2.02 bits per heavy atom. The zero-order valence-electron chi connectivity index (χ0n) is 22.9. The lowest BCUT2D eigenvalue weighted by Crippen LogP contribution is -1.95. The SMILES string of the molecule is c1ccc(-c2cccc(-n3c4cccc5c4c4c6c(cccc6ccc43)-c3cc4c(cc3-5)Cc3ccccc3-4)c2)cc1. The van der Waals surface area contributed by atoms with Crippen molar-refractivity contribution in [3.05, 3.63) is 151 Å². The van der Waals surface area contributed by atoms with Crippen LogP contribution in [0.2, 0.25) is 0 Å². The number of fused-ring (bicyclic) bond motifs is 6. The van der Waals surface area contributed by atoms with Crippen molar-refractivity contribution < 1.29 is 0 Å². The van der Waals surface area contributed by atoms with Gasteiger partial charge in [0.15, 0.2) is 0 Å². The average molecular weight is 532 g/mol. The summed E-state index contributed by atoms with van der Waals surface area (Å²) in [6, 6.07) is 51.9. The van der Waals surface area contributed by atoms with Crippen LogP contribution in [0.5, 0.6) is 0 Å². The van der Waals surface area contributed by atoms with Crippen molar-refractivity contribution in [1.29, 1.82) is 0 Å². The second-order valence-electron chi connectivity index (χ2n) is 11.7. The van der Waals surface area contributed by atoms with E-state index in [1.165, 1.54) is 93.9 Å². The number of aromatic nitrogens is 1. The van der Waals surface area contributed by atoms with E-state index in [2.05, 4.69) is 144 Å². The molecule has 7 aromatic carbocycles. The van der Waals surface area contributed by atoms with Crippen molar-refractivity contribution in [1.82, 2.24) is 4.57 Å². The van der Waals surface area contributed by atoms with Crippen molar-refractivity contribution >= 4 is 32.6 Å². The van der Waals surface area contributed by atoms with Crippen LogP contribution >= 0.6 is 0 Å². The molecular weight excluding hydrogens is 506 g/mol. The molecule has 1 nitrogen and oxygen atoms in total. The third kappa shape index (κ3) is 2.87. The van der Waals surface area contributed by atoms with Gasteiger partial charge >= 0.3 is 0 Å². The van der Waals surface area contributed by atoms with Crippen molar-refractivity contribution in [3.8, 4) is 50.2 Å². The summed E-state index contributed by atoms with van der Waals surface area (Å²) < 4.78 is 2.48. The summed E-state index contributed by atoms with van der Waals surface area (Å²) in [4.78, 5) is 0. The monoisotopic (exact) mass is 531 g/mol. The second kappa shape index (κ2) is 8.09. The van der Waals surface area contributed by atoms with Gasteiger partial charge in [-0.05, 0) is 109 Å². The first-order chi connectivity index (χ1) is 20.8. The van der Waals surface area contributed by atoms with Gasteiger partial charge in [0.25, 0.3) is 0 Å². The normalized spacial score (nSPS) is 12.7. The molecule has 0 fully saturated rings. The lowest BCUT2D eigenvalue weighted by atomic mass is 9.89. The van der Waals surface area contributed by atoms with Gasteiger partial charge in [-0.25, -0.2) is 0 Å². The molecule has 8 aromatic rings. The molecule has 1 heteroatoms. The van der Waals surface area contributed by atoms with Crippen LogP contribution in [0.3, 0.4) is 0 Å². The maximum absolute atomic E-state index is 2.49. The molecule has 0 saturated carbocycles. The Balaban J connectivity index is 1.33. The number of hydrogen-bond acceptors (Lipinski definition) is 0. The van der Waals surface area contributed by atoms with Gasteiger partial charge in [-0.2, -0.15) is 0 Å². The molecule has 0 amide bonds. The highest BCUT2D eigenvalue weighted by Gasteiger charge is 2.27. The van der Waals surface area contributed by atoms with Gasteiger partial charge in [-0.1, -0.05) is 103 Å². The van der Waals surface area contributed by atoms with E-state index in [9.17, 15) is 0 Å². The fraction of sp³-hybridized carbons (Fsp3) is 0.0244. The van der Waals surface area contributed by atoms with Crippen molar-refractivity contribution in [3.63, 3.8) is 0 Å². The fourth-order valence-corrected chi connectivity index (χ4v) is 7.74. The second-order valence-corrected chi connectivity index (χ2v) is 11.7. The van der Waals surface area contributed by atoms with Gasteiger partial charge < -0.3 is 4.57 Å². The molecule has 42 heavy (non-hydrogen) atoms. The average Bonchev–Trinajstić information content (AvgIpc) is 3.56. The Morgan fingerprint density at radius 1 is 0.381 bits per heavy atom. The first kappa shape index (κ1) is 22.3. The summed E-state index contributed by atoms with van der Waals surface area (Å²) in [5.74, 6) is 0. The molecule has 10 rings (SSSR count). The van der Waals surface area contributed by atoms with E-state index in [4.69, 9.17) is 0 Å². The summed E-state index contributed by atoms with van der Waals surface area (Å²) >= 11 is 0. The number of nitrogens with zero attached hydrogens (tertiary/aromatic N) is 1. The predicted octanol–water partition coefficient (Wildman–Crippen LogP) is 10.8. The predicted molar refractivity (Wildman–Crippen MR) is 176 cm³/mol. The highest BCUT2D eigenvalue weighted by Crippen LogP contribution is 2.52. The van der Waals surface area contributed by atoms with E-state index >= 15 is 0 Å². The van der Waals surface area contributed by atoms with Gasteiger partial charge in [0.2, 0.25) is 0 Å². The summed E-state index contributed by atoms with van der Waals surface area (Å²) in [7, 11) is 0. The van der Waals surface area contributed by atoms with Crippen LogP contribution in [0.1, 0.15) is 11.1 Å². The lowest BCUT2D eigenvalue weighted by molar-refractivity contribution is 1.18. The number of benzene rings is 7. The molecule has 0 spiro atoms. The maximum atomic E-state index is 2.49. The number of hydrogen-bond donors (Lipinski definition) is 0. The van der Waals surface area contributed by atoms with E-state index in [1.807, 2.05) is 0 Å². The van der Waals surface area contributed by atoms with Crippen molar-refractivity contribution in [2.75, 3.05) is 0 Å². The molecule has 2 aliphatic carbocycles. The molecule has 0 bridgehead atoms. The Bertz CT molecular complexity index is 2420. The van der Waals surface area contributed by atoms with Crippen LogP contribution < -0.4 is 0 Å². The molecule has 1 aromatic heterocycles. The van der Waals surface area contributed by atoms with Crippen LogP contribution in [-0.2, 0) is 6.42 Å². The maximum Gasteiger partial charge on any atom is 0.0548 e. The minimum atomic E-state index is 0.995. The standard InChI is InChI=1S/C41H25N/c1-2-9-25(10-3-1)27-13-6-14-30(22-27)42-37-18-8-17-33-35-23-29-21-28-11-4-5-15-31(28)34(29)24-36(35)32-16-7-12-26-19-20-38(42)41(39(26)32)40(33)37/h1-20,22-24H,21H2. The van der Waals surface area contributed by atoms with Gasteiger partial charge in [-0.15, -0.1) is 0 Å². The lowest BCUT2D eigenvalue weighted by Gasteiger charge is -2.16. The van der Waals surface area contributed by atoms with Crippen molar-refractivity contribution in [2.24, 2.45) is 0 Å². The molecule has 2 aliphatic rings. The van der Waals surface area contributed by atoms with Crippen LogP contribution in [0.25, 0.3) is 82.8 Å². The highest BCUT2D eigenvalue weighted by molar-refractivity contribution is 6.30. The minimum Gasteiger partial charge on any atom is -0.309 e. The zero-order chi connectivity index (χ0) is 27.4. The molecule has 0 saturated heterocycles. The van der Waals surface area contributed by atoms with E-state index in [-0.39, 0.29) is 0 Å². The largest absolute Gasteiger partial charge is 0.309 e. The zero-order valence-corrected chi connectivity index (χ0v) is 22.9. The van der Waals surface area contributed by atoms with Crippen LogP contribution in [-0.4, -0.2) is 4.57 Å². The van der Waals surface area contributed by atoms with Gasteiger partial charge in [0.05, 0.1) is 11.0 Å². The Kier molecular flexibility index (Phi) is 4.29. The summed E-state index contributed by atoms with van der Waals surface area (Å²) in [6.45, 7) is 0. The molecule has 0 N–H and O–H groups in total. The molecule has 0 radical (unpaired) electrons. The topological polar surface area (TPSA) is 4.93 Å².